The zero-order valence-corrected chi connectivity index (χ0v) is 16.4. The van der Waals surface area contributed by atoms with Crippen molar-refractivity contribution in [1.82, 2.24) is 28.9 Å². The first-order valence-electron chi connectivity index (χ1n) is 9.18. The van der Waals surface area contributed by atoms with Gasteiger partial charge < -0.3 is 5.32 Å². The lowest BCUT2D eigenvalue weighted by atomic mass is 10.3. The van der Waals surface area contributed by atoms with Crippen LogP contribution in [0.1, 0.15) is 5.69 Å². The molecule has 10 heteroatoms. The van der Waals surface area contributed by atoms with E-state index in [4.69, 9.17) is 0 Å². The molecule has 152 valence electrons. The van der Waals surface area contributed by atoms with Gasteiger partial charge in [0.1, 0.15) is 12.2 Å². The maximum Gasteiger partial charge on any atom is 0.295 e. The summed E-state index contributed by atoms with van der Waals surface area (Å²) in [5.41, 5.74) is 0.622. The second-order valence-electron chi connectivity index (χ2n) is 6.62. The molecule has 0 aliphatic carbocycles. The average Bonchev–Trinajstić information content (AvgIpc) is 3.34. The summed E-state index contributed by atoms with van der Waals surface area (Å²) in [6.45, 7) is 1.40. The highest BCUT2D eigenvalue weighted by Gasteiger charge is 2.18. The average molecular weight is 405 g/mol. The first-order valence-corrected chi connectivity index (χ1v) is 9.18. The first-order chi connectivity index (χ1) is 14.5. The molecule has 4 rings (SSSR count). The number of para-hydroxylation sites is 1. The van der Waals surface area contributed by atoms with Gasteiger partial charge in [-0.15, -0.1) is 5.10 Å². The van der Waals surface area contributed by atoms with Crippen molar-refractivity contribution in [2.75, 3.05) is 5.32 Å². The lowest BCUT2D eigenvalue weighted by molar-refractivity contribution is -0.117. The van der Waals surface area contributed by atoms with Gasteiger partial charge >= 0.3 is 0 Å². The molecular formula is C20H19N7O3. The van der Waals surface area contributed by atoms with Gasteiger partial charge in [-0.2, -0.15) is 5.10 Å². The number of benzene rings is 1. The van der Waals surface area contributed by atoms with Crippen LogP contribution < -0.4 is 16.4 Å². The molecule has 0 atom stereocenters. The highest BCUT2D eigenvalue weighted by molar-refractivity contribution is 5.91. The van der Waals surface area contributed by atoms with E-state index in [1.807, 2.05) is 18.2 Å². The number of nitrogens with zero attached hydrogens (tertiary/aromatic N) is 6. The Morgan fingerprint density at radius 3 is 2.53 bits per heavy atom. The van der Waals surface area contributed by atoms with Crippen molar-refractivity contribution in [2.24, 2.45) is 7.05 Å². The molecule has 1 aromatic carbocycles. The van der Waals surface area contributed by atoms with Gasteiger partial charge in [0, 0.05) is 25.5 Å². The first kappa shape index (κ1) is 19.1. The van der Waals surface area contributed by atoms with Crippen molar-refractivity contribution in [3.8, 4) is 11.5 Å². The van der Waals surface area contributed by atoms with E-state index in [2.05, 4.69) is 15.5 Å². The quantitative estimate of drug-likeness (QED) is 0.530. The molecule has 1 N–H and O–H groups in total. The Bertz CT molecular complexity index is 1310. The molecule has 0 radical (unpaired) electrons. The summed E-state index contributed by atoms with van der Waals surface area (Å²) in [4.78, 5) is 37.6. The van der Waals surface area contributed by atoms with Gasteiger partial charge in [0.15, 0.2) is 5.82 Å². The molecular weight excluding hydrogens is 386 g/mol. The fraction of sp³-hybridized carbons (Fsp3) is 0.150. The van der Waals surface area contributed by atoms with Gasteiger partial charge in [-0.05, 0) is 31.2 Å². The molecule has 30 heavy (non-hydrogen) atoms. The Hall–Kier alpha value is -4.21. The maximum atomic E-state index is 12.9. The summed E-state index contributed by atoms with van der Waals surface area (Å²) < 4.78 is 5.64. The molecule has 0 fully saturated rings. The normalized spacial score (nSPS) is 10.9. The van der Waals surface area contributed by atoms with E-state index in [1.54, 1.807) is 49.2 Å². The molecule has 3 heterocycles. The summed E-state index contributed by atoms with van der Waals surface area (Å²) in [5, 5.41) is 10.9. The molecule has 0 bridgehead atoms. The molecule has 0 spiro atoms. The van der Waals surface area contributed by atoms with Crippen molar-refractivity contribution >= 4 is 11.6 Å². The molecule has 0 saturated carbocycles. The molecule has 10 nitrogen and oxygen atoms in total. The molecule has 0 unspecified atom stereocenters. The van der Waals surface area contributed by atoms with Crippen LogP contribution in [-0.4, -0.2) is 34.8 Å². The third-order valence-corrected chi connectivity index (χ3v) is 4.70. The fourth-order valence-electron chi connectivity index (χ4n) is 3.11. The Kier molecular flexibility index (Phi) is 4.88. The zero-order valence-electron chi connectivity index (χ0n) is 16.4. The smallest absolute Gasteiger partial charge is 0.295 e. The highest BCUT2D eigenvalue weighted by Crippen LogP contribution is 2.13. The molecule has 0 saturated heterocycles. The van der Waals surface area contributed by atoms with E-state index in [0.717, 1.165) is 4.68 Å². The molecule has 1 amide bonds. The van der Waals surface area contributed by atoms with Crippen LogP contribution in [-0.2, 0) is 18.4 Å². The van der Waals surface area contributed by atoms with E-state index < -0.39 is 11.5 Å². The standard InChI is InChI=1S/C20H19N7O3/c1-14-19(20(30)27(24(14)2)15-7-4-3-5-8-15)22-17(28)13-26-18(29)10-9-16(23-26)25-12-6-11-21-25/h3-12H,13H2,1-2H3,(H,22,28). The minimum atomic E-state index is -0.534. The number of hydrogen-bond acceptors (Lipinski definition) is 5. The number of hydrogen-bond donors (Lipinski definition) is 1. The number of carbonyl (C=O) groups excluding carboxylic acids is 1. The third-order valence-electron chi connectivity index (χ3n) is 4.70. The summed E-state index contributed by atoms with van der Waals surface area (Å²) >= 11 is 0. The fourth-order valence-corrected chi connectivity index (χ4v) is 3.11. The van der Waals surface area contributed by atoms with Crippen LogP contribution in [0, 0.1) is 6.92 Å². The van der Waals surface area contributed by atoms with Gasteiger partial charge in [-0.1, -0.05) is 18.2 Å². The van der Waals surface area contributed by atoms with Crippen LogP contribution in [0.2, 0.25) is 0 Å². The Labute approximate surface area is 170 Å². The van der Waals surface area contributed by atoms with Gasteiger partial charge in [0.05, 0.1) is 11.4 Å². The monoisotopic (exact) mass is 405 g/mol. The molecule has 4 aromatic rings. The van der Waals surface area contributed by atoms with E-state index in [1.165, 1.54) is 21.5 Å². The van der Waals surface area contributed by atoms with Crippen LogP contribution in [0.15, 0.2) is 70.5 Å². The number of nitrogens with one attached hydrogen (secondary N) is 1. The van der Waals surface area contributed by atoms with E-state index in [-0.39, 0.29) is 17.8 Å². The Morgan fingerprint density at radius 1 is 1.07 bits per heavy atom. The Balaban J connectivity index is 1.61. The van der Waals surface area contributed by atoms with Crippen molar-refractivity contribution in [2.45, 2.75) is 13.5 Å². The summed E-state index contributed by atoms with van der Waals surface area (Å²) in [5.74, 6) is -0.136. The maximum absolute atomic E-state index is 12.9. The van der Waals surface area contributed by atoms with Crippen LogP contribution in [0.25, 0.3) is 11.5 Å². The molecule has 0 aliphatic rings. The minimum Gasteiger partial charge on any atom is -0.318 e. The predicted octanol–water partition coefficient (Wildman–Crippen LogP) is 0.866. The largest absolute Gasteiger partial charge is 0.318 e. The second kappa shape index (κ2) is 7.66. The predicted molar refractivity (Wildman–Crippen MR) is 110 cm³/mol. The Morgan fingerprint density at radius 2 is 1.83 bits per heavy atom. The molecule has 3 aromatic heterocycles. The van der Waals surface area contributed by atoms with Crippen LogP contribution >= 0.6 is 0 Å². The highest BCUT2D eigenvalue weighted by atomic mass is 16.2. The SMILES string of the molecule is Cc1c(NC(=O)Cn2nc(-n3cccn3)ccc2=O)c(=O)n(-c2ccccc2)n1C. The number of rotatable bonds is 5. The van der Waals surface area contributed by atoms with Crippen molar-refractivity contribution in [3.05, 3.63) is 87.3 Å². The van der Waals surface area contributed by atoms with Crippen molar-refractivity contribution in [3.63, 3.8) is 0 Å². The number of anilines is 1. The summed E-state index contributed by atoms with van der Waals surface area (Å²) in [7, 11) is 1.74. The number of amides is 1. The van der Waals surface area contributed by atoms with Crippen molar-refractivity contribution in [1.29, 1.82) is 0 Å². The van der Waals surface area contributed by atoms with Crippen LogP contribution in [0.4, 0.5) is 5.69 Å². The van der Waals surface area contributed by atoms with Crippen molar-refractivity contribution < 1.29 is 4.79 Å². The van der Waals surface area contributed by atoms with Gasteiger partial charge in [0.2, 0.25) is 5.91 Å². The zero-order chi connectivity index (χ0) is 21.3. The summed E-state index contributed by atoms with van der Waals surface area (Å²) in [6.07, 6.45) is 3.26. The number of aromatic nitrogens is 6. The van der Waals surface area contributed by atoms with E-state index in [9.17, 15) is 14.4 Å². The third kappa shape index (κ3) is 3.46. The van der Waals surface area contributed by atoms with Gasteiger partial charge in [-0.3, -0.25) is 19.1 Å². The lowest BCUT2D eigenvalue weighted by Gasteiger charge is -2.08. The number of carbonyl (C=O) groups is 1. The topological polar surface area (TPSA) is 109 Å². The summed E-state index contributed by atoms with van der Waals surface area (Å²) in [6, 6.07) is 13.7. The van der Waals surface area contributed by atoms with E-state index in [0.29, 0.717) is 17.2 Å². The van der Waals surface area contributed by atoms with E-state index >= 15 is 0 Å². The van der Waals surface area contributed by atoms with Gasteiger partial charge in [0.25, 0.3) is 11.1 Å². The van der Waals surface area contributed by atoms with Gasteiger partial charge in [-0.25, -0.2) is 14.0 Å². The second-order valence-corrected chi connectivity index (χ2v) is 6.62. The van der Waals surface area contributed by atoms with Crippen LogP contribution in [0.3, 0.4) is 0 Å². The lowest BCUT2D eigenvalue weighted by Crippen LogP contribution is -2.31. The molecule has 0 aliphatic heterocycles. The van der Waals surface area contributed by atoms with Crippen LogP contribution in [0.5, 0.6) is 0 Å². The minimum absolute atomic E-state index is 0.155.